The number of hydrogen-bond acceptors (Lipinski definition) is 1. The summed E-state index contributed by atoms with van der Waals surface area (Å²) in [4.78, 5) is 9.44. The quantitative estimate of drug-likeness (QED) is 0.724. The average molecular weight is 267 g/mol. The van der Waals surface area contributed by atoms with Gasteiger partial charge in [-0.25, -0.2) is 0 Å². The highest BCUT2D eigenvalue weighted by Gasteiger charge is 2.08. The molecule has 0 bridgehead atoms. The van der Waals surface area contributed by atoms with Gasteiger partial charge >= 0.3 is 0 Å². The zero-order valence-electron chi connectivity index (χ0n) is 11.0. The van der Waals surface area contributed by atoms with Crippen molar-refractivity contribution < 1.29 is 4.80 Å². The Balaban J connectivity index is 2.16. The van der Waals surface area contributed by atoms with E-state index in [-0.39, 0.29) is 0 Å². The molecule has 0 fully saturated rings. The molecule has 0 atom stereocenters. The van der Waals surface area contributed by atoms with Crippen LogP contribution in [0.1, 0.15) is 6.42 Å². The normalized spacial score (nSPS) is 12.4. The molecule has 2 nitrogen and oxygen atoms in total. The summed E-state index contributed by atoms with van der Waals surface area (Å²) in [5.74, 6) is 0. The molecule has 0 saturated carbocycles. The fourth-order valence-corrected chi connectivity index (χ4v) is 3.19. The number of para-hydroxylation sites is 2. The predicted molar refractivity (Wildman–Crippen MR) is 84.0 cm³/mol. The minimum Gasteiger partial charge on any atom is -0.566 e. The van der Waals surface area contributed by atoms with E-state index >= 15 is 0 Å². The Morgan fingerprint density at radius 3 is 2.05 bits per heavy atom. The largest absolute Gasteiger partial charge is 0.566 e. The van der Waals surface area contributed by atoms with Gasteiger partial charge in [0.1, 0.15) is 0 Å². The van der Waals surface area contributed by atoms with Crippen molar-refractivity contribution in [3.63, 3.8) is 0 Å². The molecule has 0 amide bonds. The Labute approximate surface area is 114 Å². The number of fused-ring (bicyclic) bond motifs is 3. The minimum absolute atomic E-state index is 0.921. The van der Waals surface area contributed by atoms with Crippen LogP contribution in [-0.4, -0.2) is 23.7 Å². The summed E-state index contributed by atoms with van der Waals surface area (Å²) in [6.45, 7) is 2.83. The fraction of sp³-hybridized carbons (Fsp3) is 0.188. The topological polar surface area (TPSA) is 25.2 Å². The van der Waals surface area contributed by atoms with Gasteiger partial charge in [-0.05, 0) is 25.1 Å². The maximum absolute atomic E-state index is 9.44. The molecule has 0 unspecified atom stereocenters. The monoisotopic (exact) mass is 267 g/mol. The van der Waals surface area contributed by atoms with Crippen molar-refractivity contribution in [1.82, 2.24) is 4.57 Å². The lowest BCUT2D eigenvalue weighted by atomic mass is 10.2. The van der Waals surface area contributed by atoms with E-state index in [9.17, 15) is 4.80 Å². The molecule has 0 aliphatic heterocycles. The van der Waals surface area contributed by atoms with Crippen LogP contribution in [0, 0.1) is 0 Å². The Kier molecular flexibility index (Phi) is 3.21. The molecular weight excluding hydrogens is 250 g/mol. The number of hydrogen-bond donors (Lipinski definition) is 1. The van der Waals surface area contributed by atoms with Gasteiger partial charge in [-0.1, -0.05) is 42.1 Å². The van der Waals surface area contributed by atoms with Crippen LogP contribution >= 0.6 is 0 Å². The zero-order chi connectivity index (χ0) is 13.2. The molecule has 0 spiro atoms. The molecule has 0 radical (unpaired) electrons. The molecule has 2 aromatic carbocycles. The van der Waals surface area contributed by atoms with Crippen LogP contribution in [0.4, 0.5) is 0 Å². The molecular formula is C16H17NOSi. The van der Waals surface area contributed by atoms with Crippen molar-refractivity contribution in [2.45, 2.75) is 19.5 Å². The first kappa shape index (κ1) is 12.2. The third-order valence-corrected chi connectivity index (χ3v) is 4.35. The highest BCUT2D eigenvalue weighted by molar-refractivity contribution is 6.57. The molecule has 19 heavy (non-hydrogen) atoms. The van der Waals surface area contributed by atoms with E-state index in [1.54, 1.807) is 0 Å². The summed E-state index contributed by atoms with van der Waals surface area (Å²) in [6, 6.07) is 17.1. The second-order valence-corrected chi connectivity index (χ2v) is 6.51. The molecule has 1 aromatic heterocycles. The lowest BCUT2D eigenvalue weighted by Gasteiger charge is -2.05. The number of rotatable bonds is 3. The SMILES string of the molecule is C/[Si](O)=C/CCn1c2ccccc2c2ccccc21. The fourth-order valence-electron chi connectivity index (χ4n) is 2.65. The predicted octanol–water partition coefficient (Wildman–Crippen LogP) is 3.18. The van der Waals surface area contributed by atoms with E-state index in [0.29, 0.717) is 0 Å². The van der Waals surface area contributed by atoms with Crippen molar-refractivity contribution in [2.24, 2.45) is 0 Å². The van der Waals surface area contributed by atoms with Crippen LogP contribution in [0.15, 0.2) is 48.5 Å². The molecule has 1 N–H and O–H groups in total. The third-order valence-electron chi connectivity index (χ3n) is 3.47. The van der Waals surface area contributed by atoms with E-state index in [0.717, 1.165) is 13.0 Å². The molecule has 0 saturated heterocycles. The van der Waals surface area contributed by atoms with Crippen molar-refractivity contribution in [1.29, 1.82) is 0 Å². The highest BCUT2D eigenvalue weighted by Crippen LogP contribution is 2.28. The van der Waals surface area contributed by atoms with Gasteiger partial charge in [-0.2, -0.15) is 0 Å². The molecule has 96 valence electrons. The summed E-state index contributed by atoms with van der Waals surface area (Å²) in [6.07, 6.45) is 0.921. The summed E-state index contributed by atoms with van der Waals surface area (Å²) in [5, 5.41) is 2.62. The molecule has 3 rings (SSSR count). The van der Waals surface area contributed by atoms with Crippen molar-refractivity contribution in [3.8, 4) is 0 Å². The first-order valence-electron chi connectivity index (χ1n) is 6.59. The third kappa shape index (κ3) is 2.21. The molecule has 0 aliphatic rings. The maximum Gasteiger partial charge on any atom is 0.221 e. The van der Waals surface area contributed by atoms with Crippen LogP contribution < -0.4 is 0 Å². The standard InChI is InChI=1S/C16H17NOSi/c1-19(18)12-6-11-17-15-9-4-2-7-13(15)14-8-3-5-10-16(14)17/h2-5,7-10,12,18H,6,11H2,1H3/b19-12-. The van der Waals surface area contributed by atoms with Crippen LogP contribution in [0.3, 0.4) is 0 Å². The number of benzene rings is 2. The van der Waals surface area contributed by atoms with E-state index in [4.69, 9.17) is 0 Å². The second kappa shape index (κ2) is 5.01. The van der Waals surface area contributed by atoms with E-state index < -0.39 is 8.65 Å². The van der Waals surface area contributed by atoms with E-state index in [2.05, 4.69) is 53.1 Å². The van der Waals surface area contributed by atoms with E-state index in [1.165, 1.54) is 21.8 Å². The Bertz CT molecular complexity index is 700. The van der Waals surface area contributed by atoms with Crippen LogP contribution in [-0.2, 0) is 6.54 Å². The first-order valence-corrected chi connectivity index (χ1v) is 8.61. The summed E-state index contributed by atoms with van der Waals surface area (Å²) >= 11 is 0. The summed E-state index contributed by atoms with van der Waals surface area (Å²) in [7, 11) is -1.23. The first-order chi connectivity index (χ1) is 9.27. The smallest absolute Gasteiger partial charge is 0.221 e. The second-order valence-electron chi connectivity index (χ2n) is 4.82. The Morgan fingerprint density at radius 1 is 1.00 bits per heavy atom. The van der Waals surface area contributed by atoms with Gasteiger partial charge in [0.15, 0.2) is 0 Å². The zero-order valence-corrected chi connectivity index (χ0v) is 12.0. The number of aryl methyl sites for hydroxylation is 1. The molecule has 3 heteroatoms. The lowest BCUT2D eigenvalue weighted by molar-refractivity contribution is 0.603. The average Bonchev–Trinajstić information content (AvgIpc) is 2.74. The number of nitrogens with zero attached hydrogens (tertiary/aromatic N) is 1. The van der Waals surface area contributed by atoms with Gasteiger partial charge in [-0.15, -0.1) is 0 Å². The van der Waals surface area contributed by atoms with Gasteiger partial charge in [-0.3, -0.25) is 0 Å². The van der Waals surface area contributed by atoms with Gasteiger partial charge < -0.3 is 9.36 Å². The van der Waals surface area contributed by atoms with Gasteiger partial charge in [0.2, 0.25) is 8.65 Å². The summed E-state index contributed by atoms with van der Waals surface area (Å²) in [5.41, 5.74) is 4.61. The van der Waals surface area contributed by atoms with Crippen molar-refractivity contribution in [2.75, 3.05) is 0 Å². The summed E-state index contributed by atoms with van der Waals surface area (Å²) < 4.78 is 2.35. The van der Waals surface area contributed by atoms with Crippen LogP contribution in [0.5, 0.6) is 0 Å². The Hall–Kier alpha value is -1.87. The molecule has 1 heterocycles. The Morgan fingerprint density at radius 2 is 1.53 bits per heavy atom. The van der Waals surface area contributed by atoms with Gasteiger partial charge in [0, 0.05) is 28.4 Å². The maximum atomic E-state index is 9.44. The van der Waals surface area contributed by atoms with Gasteiger partial charge in [0.25, 0.3) is 0 Å². The van der Waals surface area contributed by atoms with Crippen molar-refractivity contribution in [3.05, 3.63) is 48.5 Å². The molecule has 0 aliphatic carbocycles. The minimum atomic E-state index is -1.23. The van der Waals surface area contributed by atoms with Gasteiger partial charge in [0.05, 0.1) is 0 Å². The van der Waals surface area contributed by atoms with Crippen molar-refractivity contribution >= 4 is 36.1 Å². The number of aromatic nitrogens is 1. The molecule has 3 aromatic rings. The van der Waals surface area contributed by atoms with Crippen LogP contribution in [0.2, 0.25) is 6.55 Å². The lowest BCUT2D eigenvalue weighted by Crippen LogP contribution is -2.03. The van der Waals surface area contributed by atoms with Crippen LogP contribution in [0.25, 0.3) is 21.8 Å². The highest BCUT2D eigenvalue weighted by atomic mass is 28.3. The van der Waals surface area contributed by atoms with E-state index in [1.807, 2.05) is 12.2 Å².